The Kier molecular flexibility index (Phi) is 5.45. The lowest BCUT2D eigenvalue weighted by molar-refractivity contribution is -0.150. The third-order valence-electron chi connectivity index (χ3n) is 4.57. The fourth-order valence-corrected chi connectivity index (χ4v) is 3.94. The van der Waals surface area contributed by atoms with Crippen molar-refractivity contribution in [3.05, 3.63) is 15.6 Å². The van der Waals surface area contributed by atoms with Crippen molar-refractivity contribution >= 4 is 23.2 Å². The second-order valence-corrected chi connectivity index (χ2v) is 7.86. The van der Waals surface area contributed by atoms with Crippen molar-refractivity contribution in [3.63, 3.8) is 0 Å². The molecule has 0 saturated heterocycles. The zero-order valence-electron chi connectivity index (χ0n) is 14.6. The van der Waals surface area contributed by atoms with Crippen molar-refractivity contribution in [2.75, 3.05) is 7.11 Å². The minimum atomic E-state index is -0.896. The highest BCUT2D eigenvalue weighted by atomic mass is 32.1. The predicted octanol–water partition coefficient (Wildman–Crippen LogP) is 3.43. The number of nitrogens with zero attached hydrogens (tertiary/aromatic N) is 1. The van der Waals surface area contributed by atoms with Gasteiger partial charge < -0.3 is 10.1 Å². The lowest BCUT2D eigenvalue weighted by Crippen LogP contribution is -2.56. The fraction of sp³-hybridized carbons (Fsp3) is 0.706. The van der Waals surface area contributed by atoms with Crippen LogP contribution in [0.4, 0.5) is 0 Å². The Morgan fingerprint density at radius 1 is 1.35 bits per heavy atom. The molecule has 0 aromatic carbocycles. The molecule has 1 N–H and O–H groups in total. The van der Waals surface area contributed by atoms with Gasteiger partial charge in [0.25, 0.3) is 5.91 Å². The maximum absolute atomic E-state index is 12.7. The van der Waals surface area contributed by atoms with Crippen LogP contribution in [0.1, 0.15) is 72.7 Å². The largest absolute Gasteiger partial charge is 0.467 e. The minimum Gasteiger partial charge on any atom is -0.467 e. The monoisotopic (exact) mass is 338 g/mol. The molecule has 0 aliphatic heterocycles. The molecular formula is C17H26N2O3S. The van der Waals surface area contributed by atoms with E-state index in [0.717, 1.165) is 23.5 Å². The molecule has 5 nitrogen and oxygen atoms in total. The number of aryl methyl sites for hydroxylation is 1. The van der Waals surface area contributed by atoms with Crippen LogP contribution in [0.3, 0.4) is 0 Å². The molecule has 1 saturated carbocycles. The van der Waals surface area contributed by atoms with E-state index in [0.29, 0.717) is 23.6 Å². The van der Waals surface area contributed by atoms with Crippen molar-refractivity contribution in [2.45, 2.75) is 64.8 Å². The zero-order valence-corrected chi connectivity index (χ0v) is 15.4. The highest BCUT2D eigenvalue weighted by Gasteiger charge is 2.44. The smallest absolute Gasteiger partial charge is 0.331 e. The summed E-state index contributed by atoms with van der Waals surface area (Å²) in [6, 6.07) is 0. The number of aromatic nitrogens is 1. The molecule has 0 bridgehead atoms. The number of esters is 1. The van der Waals surface area contributed by atoms with Gasteiger partial charge >= 0.3 is 5.97 Å². The first-order valence-corrected chi connectivity index (χ1v) is 8.99. The molecule has 2 rings (SSSR count). The summed E-state index contributed by atoms with van der Waals surface area (Å²) in [5.74, 6) is 0.295. The van der Waals surface area contributed by atoms with Gasteiger partial charge in [-0.15, -0.1) is 11.3 Å². The molecule has 1 aliphatic carbocycles. The van der Waals surface area contributed by atoms with E-state index >= 15 is 0 Å². The second kappa shape index (κ2) is 6.99. The maximum atomic E-state index is 12.7. The third-order valence-corrected chi connectivity index (χ3v) is 6.03. The molecule has 23 heavy (non-hydrogen) atoms. The Labute approximate surface area is 141 Å². The molecule has 1 heterocycles. The van der Waals surface area contributed by atoms with Crippen LogP contribution in [0.25, 0.3) is 0 Å². The molecule has 0 radical (unpaired) electrons. The molecule has 0 spiro atoms. The fourth-order valence-electron chi connectivity index (χ4n) is 2.98. The van der Waals surface area contributed by atoms with Crippen LogP contribution in [-0.2, 0) is 9.53 Å². The summed E-state index contributed by atoms with van der Waals surface area (Å²) in [4.78, 5) is 30.1. The Bertz CT molecular complexity index is 587. The summed E-state index contributed by atoms with van der Waals surface area (Å²) in [5.41, 5.74) is -0.173. The Balaban J connectivity index is 2.23. The van der Waals surface area contributed by atoms with Gasteiger partial charge in [0.1, 0.15) is 10.4 Å². The molecular weight excluding hydrogens is 312 g/mol. The Morgan fingerprint density at radius 2 is 1.96 bits per heavy atom. The molecule has 0 unspecified atom stereocenters. The van der Waals surface area contributed by atoms with Crippen LogP contribution in [0, 0.1) is 12.8 Å². The van der Waals surface area contributed by atoms with Crippen molar-refractivity contribution in [1.29, 1.82) is 0 Å². The van der Waals surface area contributed by atoms with Crippen LogP contribution >= 0.6 is 11.3 Å². The van der Waals surface area contributed by atoms with E-state index in [-0.39, 0.29) is 17.8 Å². The molecule has 1 aromatic rings. The lowest BCUT2D eigenvalue weighted by atomic mass is 9.77. The standard InChI is InChI=1S/C17H26N2O3S/c1-10(2)15-18-12(4)13(23-15)14(20)19-17(16(21)22-5)8-6-11(3)7-9-17/h10-11H,6-9H2,1-5H3,(H,19,20). The first kappa shape index (κ1) is 17.9. The highest BCUT2D eigenvalue weighted by molar-refractivity contribution is 7.13. The van der Waals surface area contributed by atoms with E-state index in [1.54, 1.807) is 0 Å². The number of hydrogen-bond acceptors (Lipinski definition) is 5. The molecule has 128 valence electrons. The molecule has 1 fully saturated rings. The van der Waals surface area contributed by atoms with Gasteiger partial charge in [-0.2, -0.15) is 0 Å². The molecule has 1 aliphatic rings. The van der Waals surface area contributed by atoms with Crippen molar-refractivity contribution in [1.82, 2.24) is 10.3 Å². The lowest BCUT2D eigenvalue weighted by Gasteiger charge is -2.37. The van der Waals surface area contributed by atoms with E-state index in [1.807, 2.05) is 6.92 Å². The number of amides is 1. The third kappa shape index (κ3) is 3.74. The highest BCUT2D eigenvalue weighted by Crippen LogP contribution is 2.34. The summed E-state index contributed by atoms with van der Waals surface area (Å²) in [6.07, 6.45) is 3.07. The summed E-state index contributed by atoms with van der Waals surface area (Å²) in [5, 5.41) is 3.91. The van der Waals surface area contributed by atoms with Gasteiger partial charge in [-0.3, -0.25) is 4.79 Å². The van der Waals surface area contributed by atoms with Gasteiger partial charge in [-0.1, -0.05) is 20.8 Å². The number of rotatable bonds is 4. The van der Waals surface area contributed by atoms with Gasteiger partial charge in [-0.05, 0) is 38.5 Å². The van der Waals surface area contributed by atoms with E-state index in [2.05, 4.69) is 31.1 Å². The number of thiazole rings is 1. The zero-order chi connectivity index (χ0) is 17.2. The quantitative estimate of drug-likeness (QED) is 0.854. The summed E-state index contributed by atoms with van der Waals surface area (Å²) in [6.45, 7) is 8.12. The average Bonchev–Trinajstić information content (AvgIpc) is 2.91. The van der Waals surface area contributed by atoms with E-state index < -0.39 is 5.54 Å². The molecule has 1 aromatic heterocycles. The normalized spacial score (nSPS) is 24.5. The van der Waals surface area contributed by atoms with Gasteiger partial charge in [0, 0.05) is 5.92 Å². The van der Waals surface area contributed by atoms with Crippen LogP contribution in [-0.4, -0.2) is 29.5 Å². The van der Waals surface area contributed by atoms with Crippen LogP contribution in [0.15, 0.2) is 0 Å². The van der Waals surface area contributed by atoms with Crippen molar-refractivity contribution < 1.29 is 14.3 Å². The summed E-state index contributed by atoms with van der Waals surface area (Å²) >= 11 is 1.41. The molecule has 1 amide bonds. The van der Waals surface area contributed by atoms with E-state index in [9.17, 15) is 9.59 Å². The first-order valence-electron chi connectivity index (χ1n) is 8.17. The Hall–Kier alpha value is -1.43. The van der Waals surface area contributed by atoms with Crippen LogP contribution < -0.4 is 5.32 Å². The van der Waals surface area contributed by atoms with Gasteiger partial charge in [-0.25, -0.2) is 9.78 Å². The van der Waals surface area contributed by atoms with Crippen LogP contribution in [0.2, 0.25) is 0 Å². The van der Waals surface area contributed by atoms with Crippen molar-refractivity contribution in [3.8, 4) is 0 Å². The molecule has 6 heteroatoms. The van der Waals surface area contributed by atoms with E-state index in [4.69, 9.17) is 4.74 Å². The minimum absolute atomic E-state index is 0.216. The number of ether oxygens (including phenoxy) is 1. The summed E-state index contributed by atoms with van der Waals surface area (Å²) in [7, 11) is 1.38. The maximum Gasteiger partial charge on any atom is 0.331 e. The Morgan fingerprint density at radius 3 is 2.43 bits per heavy atom. The number of nitrogens with one attached hydrogen (secondary N) is 1. The number of carbonyl (C=O) groups excluding carboxylic acids is 2. The van der Waals surface area contributed by atoms with Gasteiger partial charge in [0.15, 0.2) is 0 Å². The number of carbonyl (C=O) groups is 2. The number of hydrogen-bond donors (Lipinski definition) is 1. The van der Waals surface area contributed by atoms with Crippen molar-refractivity contribution in [2.24, 2.45) is 5.92 Å². The predicted molar refractivity (Wildman–Crippen MR) is 90.8 cm³/mol. The SMILES string of the molecule is COC(=O)C1(NC(=O)c2sc(C(C)C)nc2C)CCC(C)CC1. The second-order valence-electron chi connectivity index (χ2n) is 6.83. The average molecular weight is 338 g/mol. The summed E-state index contributed by atoms with van der Waals surface area (Å²) < 4.78 is 4.97. The van der Waals surface area contributed by atoms with Gasteiger partial charge in [0.2, 0.25) is 0 Å². The van der Waals surface area contributed by atoms with E-state index in [1.165, 1.54) is 18.4 Å². The first-order chi connectivity index (χ1) is 10.8. The van der Waals surface area contributed by atoms with Crippen LogP contribution in [0.5, 0.6) is 0 Å². The van der Waals surface area contributed by atoms with Gasteiger partial charge in [0.05, 0.1) is 17.8 Å². The number of methoxy groups -OCH3 is 1. The topological polar surface area (TPSA) is 68.3 Å². The molecule has 0 atom stereocenters.